The first-order chi connectivity index (χ1) is 7.76. The Hall–Kier alpha value is -1.55. The van der Waals surface area contributed by atoms with Gasteiger partial charge in [0.2, 0.25) is 0 Å². The van der Waals surface area contributed by atoms with Crippen molar-refractivity contribution in [2.75, 3.05) is 0 Å². The number of nitrogens with two attached hydrogens (primary N) is 1. The maximum absolute atomic E-state index is 11.1. The van der Waals surface area contributed by atoms with Crippen LogP contribution in [0.5, 0.6) is 5.75 Å². The highest BCUT2D eigenvalue weighted by Crippen LogP contribution is 2.15. The third kappa shape index (κ3) is 4.31. The van der Waals surface area contributed by atoms with Crippen LogP contribution in [0, 0.1) is 0 Å². The summed E-state index contributed by atoms with van der Waals surface area (Å²) in [5.41, 5.74) is 0. The number of para-hydroxylation sites is 1. The van der Waals surface area contributed by atoms with Crippen molar-refractivity contribution >= 4 is 5.97 Å². The van der Waals surface area contributed by atoms with Crippen LogP contribution in [0.25, 0.3) is 0 Å². The van der Waals surface area contributed by atoms with Crippen LogP contribution in [-0.2, 0) is 9.63 Å². The average molecular weight is 223 g/mol. The van der Waals surface area contributed by atoms with Crippen molar-refractivity contribution in [3.8, 4) is 5.75 Å². The molecule has 1 rings (SSSR count). The van der Waals surface area contributed by atoms with Crippen LogP contribution in [0.1, 0.15) is 26.2 Å². The molecule has 88 valence electrons. The van der Waals surface area contributed by atoms with Gasteiger partial charge in [0, 0.05) is 0 Å². The number of hydrogen-bond acceptors (Lipinski definition) is 4. The maximum atomic E-state index is 11.1. The zero-order chi connectivity index (χ0) is 11.8. The van der Waals surface area contributed by atoms with Crippen LogP contribution in [0.15, 0.2) is 30.3 Å². The van der Waals surface area contributed by atoms with Crippen molar-refractivity contribution in [3.05, 3.63) is 30.3 Å². The molecule has 16 heavy (non-hydrogen) atoms. The normalized spacial score (nSPS) is 11.9. The van der Waals surface area contributed by atoms with Crippen LogP contribution in [0.2, 0.25) is 0 Å². The minimum Gasteiger partial charge on any atom is -0.490 e. The molecule has 1 aromatic carbocycles. The van der Waals surface area contributed by atoms with Gasteiger partial charge < -0.3 is 9.57 Å². The maximum Gasteiger partial charge on any atom is 0.328 e. The third-order valence-corrected chi connectivity index (χ3v) is 2.18. The second-order valence-corrected chi connectivity index (χ2v) is 3.54. The molecule has 0 fully saturated rings. The van der Waals surface area contributed by atoms with Gasteiger partial charge >= 0.3 is 5.97 Å². The number of hydrogen-bond donors (Lipinski definition) is 1. The Morgan fingerprint density at radius 2 is 2.06 bits per heavy atom. The Bertz CT molecular complexity index is 313. The molecule has 0 spiro atoms. The number of benzene rings is 1. The number of carbonyl (C=O) groups excluding carboxylic acids is 1. The second-order valence-electron chi connectivity index (χ2n) is 3.54. The van der Waals surface area contributed by atoms with E-state index in [0.29, 0.717) is 0 Å². The Morgan fingerprint density at radius 1 is 1.38 bits per heavy atom. The molecule has 0 aliphatic rings. The van der Waals surface area contributed by atoms with Gasteiger partial charge in [-0.2, -0.15) is 5.90 Å². The minimum absolute atomic E-state index is 0.177. The predicted molar refractivity (Wildman–Crippen MR) is 60.7 cm³/mol. The second kappa shape index (κ2) is 6.85. The fourth-order valence-corrected chi connectivity index (χ4v) is 1.45. The van der Waals surface area contributed by atoms with E-state index in [1.807, 2.05) is 37.3 Å². The molecule has 0 saturated carbocycles. The molecule has 0 aliphatic heterocycles. The zero-order valence-corrected chi connectivity index (χ0v) is 9.39. The van der Waals surface area contributed by atoms with E-state index in [1.165, 1.54) is 0 Å². The lowest BCUT2D eigenvalue weighted by molar-refractivity contribution is -0.146. The Labute approximate surface area is 95.3 Å². The highest BCUT2D eigenvalue weighted by molar-refractivity contribution is 5.69. The van der Waals surface area contributed by atoms with Crippen LogP contribution >= 0.6 is 0 Å². The summed E-state index contributed by atoms with van der Waals surface area (Å²) >= 11 is 0. The van der Waals surface area contributed by atoms with Gasteiger partial charge in [0.15, 0.2) is 0 Å². The fourth-order valence-electron chi connectivity index (χ4n) is 1.45. The van der Waals surface area contributed by atoms with E-state index in [2.05, 4.69) is 4.84 Å². The molecule has 0 bridgehead atoms. The molecule has 1 atom stereocenters. The summed E-state index contributed by atoms with van der Waals surface area (Å²) < 4.78 is 5.67. The molecule has 0 heterocycles. The fraction of sp³-hybridized carbons (Fsp3) is 0.417. The van der Waals surface area contributed by atoms with Crippen LogP contribution < -0.4 is 10.6 Å². The van der Waals surface area contributed by atoms with E-state index in [4.69, 9.17) is 10.6 Å². The quantitative estimate of drug-likeness (QED) is 0.750. The van der Waals surface area contributed by atoms with Gasteiger partial charge in [0.25, 0.3) is 0 Å². The highest BCUT2D eigenvalue weighted by atomic mass is 16.7. The molecule has 0 aromatic heterocycles. The van der Waals surface area contributed by atoms with Gasteiger partial charge in [-0.25, -0.2) is 0 Å². The molecular formula is C12H17NO3. The average Bonchev–Trinajstić information content (AvgIpc) is 2.30. The topological polar surface area (TPSA) is 61.5 Å². The molecular weight excluding hydrogens is 206 g/mol. The molecule has 0 radical (unpaired) electrons. The Balaban J connectivity index is 2.54. The lowest BCUT2D eigenvalue weighted by atomic mass is 10.1. The smallest absolute Gasteiger partial charge is 0.328 e. The first kappa shape index (κ1) is 12.5. The lowest BCUT2D eigenvalue weighted by Gasteiger charge is -2.17. The van der Waals surface area contributed by atoms with Gasteiger partial charge in [0.1, 0.15) is 11.9 Å². The van der Waals surface area contributed by atoms with E-state index < -0.39 is 5.97 Å². The Morgan fingerprint density at radius 3 is 2.62 bits per heavy atom. The molecule has 4 heteroatoms. The van der Waals surface area contributed by atoms with Crippen molar-refractivity contribution in [3.63, 3.8) is 0 Å². The Kier molecular flexibility index (Phi) is 5.36. The van der Waals surface area contributed by atoms with E-state index in [0.717, 1.165) is 18.6 Å². The van der Waals surface area contributed by atoms with Crippen LogP contribution in [-0.4, -0.2) is 12.1 Å². The summed E-state index contributed by atoms with van der Waals surface area (Å²) in [4.78, 5) is 15.2. The van der Waals surface area contributed by atoms with Crippen LogP contribution in [0.4, 0.5) is 0 Å². The number of carbonyl (C=O) groups is 1. The van der Waals surface area contributed by atoms with Gasteiger partial charge in [-0.05, 0) is 18.6 Å². The summed E-state index contributed by atoms with van der Waals surface area (Å²) in [6.07, 6.45) is 1.74. The van der Waals surface area contributed by atoms with Crippen molar-refractivity contribution < 1.29 is 14.4 Å². The molecule has 0 saturated heterocycles. The predicted octanol–water partition coefficient (Wildman–Crippen LogP) is 2.04. The molecule has 2 N–H and O–H groups in total. The third-order valence-electron chi connectivity index (χ3n) is 2.18. The summed E-state index contributed by atoms with van der Waals surface area (Å²) in [6, 6.07) is 9.40. The van der Waals surface area contributed by atoms with Gasteiger partial charge in [-0.3, -0.25) is 4.79 Å². The van der Waals surface area contributed by atoms with Crippen LogP contribution in [0.3, 0.4) is 0 Å². The van der Waals surface area contributed by atoms with Crippen molar-refractivity contribution in [2.24, 2.45) is 5.90 Å². The monoisotopic (exact) mass is 223 g/mol. The summed E-state index contributed by atoms with van der Waals surface area (Å²) in [6.45, 7) is 2.04. The molecule has 1 aromatic rings. The van der Waals surface area contributed by atoms with Crippen molar-refractivity contribution in [1.29, 1.82) is 0 Å². The van der Waals surface area contributed by atoms with E-state index in [1.54, 1.807) is 0 Å². The zero-order valence-electron chi connectivity index (χ0n) is 9.39. The summed E-state index contributed by atoms with van der Waals surface area (Å²) in [5, 5.41) is 0. The van der Waals surface area contributed by atoms with Crippen molar-refractivity contribution in [1.82, 2.24) is 0 Å². The van der Waals surface area contributed by atoms with Gasteiger partial charge in [-0.15, -0.1) is 0 Å². The lowest BCUT2D eigenvalue weighted by Crippen LogP contribution is -2.23. The first-order valence-corrected chi connectivity index (χ1v) is 5.37. The van der Waals surface area contributed by atoms with Gasteiger partial charge in [0.05, 0.1) is 6.42 Å². The summed E-state index contributed by atoms with van der Waals surface area (Å²) in [5.74, 6) is 5.11. The molecule has 0 aliphatic carbocycles. The highest BCUT2D eigenvalue weighted by Gasteiger charge is 2.15. The van der Waals surface area contributed by atoms with Gasteiger partial charge in [-0.1, -0.05) is 31.5 Å². The minimum atomic E-state index is -0.450. The molecule has 0 amide bonds. The van der Waals surface area contributed by atoms with E-state index in [-0.39, 0.29) is 12.5 Å². The first-order valence-electron chi connectivity index (χ1n) is 5.37. The standard InChI is InChI=1S/C12H17NO3/c1-2-6-11(9-12(14)16-13)15-10-7-4-3-5-8-10/h3-5,7-8,11H,2,6,9,13H2,1H3. The van der Waals surface area contributed by atoms with E-state index >= 15 is 0 Å². The molecule has 4 nitrogen and oxygen atoms in total. The SMILES string of the molecule is CCCC(CC(=O)ON)Oc1ccccc1. The van der Waals surface area contributed by atoms with E-state index in [9.17, 15) is 4.79 Å². The number of rotatable bonds is 6. The summed E-state index contributed by atoms with van der Waals surface area (Å²) in [7, 11) is 0. The van der Waals surface area contributed by atoms with Crippen molar-refractivity contribution in [2.45, 2.75) is 32.3 Å². The number of ether oxygens (including phenoxy) is 1. The largest absolute Gasteiger partial charge is 0.490 e. The molecule has 1 unspecified atom stereocenters.